The summed E-state index contributed by atoms with van der Waals surface area (Å²) in [5.41, 5.74) is 2.90. The van der Waals surface area contributed by atoms with Crippen LogP contribution in [0.5, 0.6) is 5.75 Å². The molecule has 4 nitrogen and oxygen atoms in total. The van der Waals surface area contributed by atoms with Crippen LogP contribution in [0.25, 0.3) is 6.08 Å². The molecule has 0 saturated carbocycles. The monoisotopic (exact) mass is 433 g/mol. The largest absolute Gasteiger partial charge is 0.489 e. The van der Waals surface area contributed by atoms with Crippen molar-refractivity contribution < 1.29 is 14.3 Å². The Kier molecular flexibility index (Phi) is 5.35. The van der Waals surface area contributed by atoms with E-state index in [0.717, 1.165) is 26.9 Å². The van der Waals surface area contributed by atoms with Crippen molar-refractivity contribution in [3.05, 3.63) is 106 Å². The van der Waals surface area contributed by atoms with Crippen molar-refractivity contribution in [1.82, 2.24) is 0 Å². The summed E-state index contributed by atoms with van der Waals surface area (Å²) < 4.78 is 12.0. The van der Waals surface area contributed by atoms with Gasteiger partial charge in [0.1, 0.15) is 12.4 Å². The number of nitrogens with zero attached hydrogens (tertiary/aromatic N) is 1. The van der Waals surface area contributed by atoms with Crippen LogP contribution >= 0.6 is 15.9 Å². The first-order valence-corrected chi connectivity index (χ1v) is 9.52. The molecule has 0 amide bonds. The summed E-state index contributed by atoms with van der Waals surface area (Å²) in [6.07, 6.45) is 1.70. The van der Waals surface area contributed by atoms with Gasteiger partial charge in [-0.2, -0.15) is 0 Å². The van der Waals surface area contributed by atoms with Gasteiger partial charge in [0, 0.05) is 4.47 Å². The molecule has 0 saturated heterocycles. The van der Waals surface area contributed by atoms with Gasteiger partial charge in [0.2, 0.25) is 5.90 Å². The number of carbonyl (C=O) groups excluding carboxylic acids is 1. The summed E-state index contributed by atoms with van der Waals surface area (Å²) in [6.45, 7) is 0.479. The van der Waals surface area contributed by atoms with Gasteiger partial charge in [-0.1, -0.05) is 54.6 Å². The quantitative estimate of drug-likeness (QED) is 0.401. The van der Waals surface area contributed by atoms with Crippen molar-refractivity contribution >= 4 is 33.9 Å². The Morgan fingerprint density at radius 2 is 1.75 bits per heavy atom. The third-order valence-corrected chi connectivity index (χ3v) is 4.83. The van der Waals surface area contributed by atoms with E-state index in [-0.39, 0.29) is 5.70 Å². The molecule has 0 spiro atoms. The van der Waals surface area contributed by atoms with Crippen LogP contribution in [0.1, 0.15) is 16.7 Å². The molecule has 28 heavy (non-hydrogen) atoms. The SMILES string of the molecule is O=C1OC(c2ccccc2Br)=N/C1=C\c1cccc(OCc2ccccc2)c1. The molecule has 0 N–H and O–H groups in total. The zero-order valence-corrected chi connectivity index (χ0v) is 16.4. The van der Waals surface area contributed by atoms with Crippen molar-refractivity contribution in [3.8, 4) is 5.75 Å². The Labute approximate surface area is 171 Å². The number of rotatable bonds is 5. The minimum Gasteiger partial charge on any atom is -0.489 e. The molecule has 0 atom stereocenters. The summed E-state index contributed by atoms with van der Waals surface area (Å²) in [4.78, 5) is 16.6. The van der Waals surface area contributed by atoms with Gasteiger partial charge in [0.15, 0.2) is 5.70 Å². The van der Waals surface area contributed by atoms with Crippen molar-refractivity contribution in [3.63, 3.8) is 0 Å². The summed E-state index contributed by atoms with van der Waals surface area (Å²) >= 11 is 3.45. The average Bonchev–Trinajstić information content (AvgIpc) is 3.08. The van der Waals surface area contributed by atoms with Crippen LogP contribution in [0, 0.1) is 0 Å². The van der Waals surface area contributed by atoms with Crippen molar-refractivity contribution in [2.45, 2.75) is 6.61 Å². The summed E-state index contributed by atoms with van der Waals surface area (Å²) in [6, 6.07) is 25.0. The summed E-state index contributed by atoms with van der Waals surface area (Å²) in [5.74, 6) is 0.543. The second-order valence-corrected chi connectivity index (χ2v) is 7.02. The van der Waals surface area contributed by atoms with E-state index >= 15 is 0 Å². The standard InChI is InChI=1S/C23H16BrNO3/c24-20-12-5-4-11-19(20)22-25-21(23(26)28-22)14-17-9-6-10-18(13-17)27-15-16-7-2-1-3-8-16/h1-14H,15H2/b21-14-. The number of benzene rings is 3. The normalized spacial score (nSPS) is 14.7. The predicted molar refractivity (Wildman–Crippen MR) is 112 cm³/mol. The highest BCUT2D eigenvalue weighted by molar-refractivity contribution is 9.10. The molecule has 138 valence electrons. The molecule has 0 radical (unpaired) electrons. The van der Waals surface area contributed by atoms with E-state index in [2.05, 4.69) is 20.9 Å². The highest BCUT2D eigenvalue weighted by atomic mass is 79.9. The number of hydrogen-bond acceptors (Lipinski definition) is 4. The van der Waals surface area contributed by atoms with Crippen LogP contribution in [0.3, 0.4) is 0 Å². The summed E-state index contributed by atoms with van der Waals surface area (Å²) in [5, 5.41) is 0. The third-order valence-electron chi connectivity index (χ3n) is 4.13. The van der Waals surface area contributed by atoms with E-state index in [1.54, 1.807) is 6.08 Å². The molecule has 0 aliphatic carbocycles. The molecule has 5 heteroatoms. The van der Waals surface area contributed by atoms with E-state index in [9.17, 15) is 4.79 Å². The fourth-order valence-corrected chi connectivity index (χ4v) is 3.21. The smallest absolute Gasteiger partial charge is 0.363 e. The Morgan fingerprint density at radius 1 is 0.964 bits per heavy atom. The molecule has 0 aromatic heterocycles. The van der Waals surface area contributed by atoms with Crippen molar-refractivity contribution in [2.75, 3.05) is 0 Å². The molecule has 1 aliphatic heterocycles. The number of halogens is 1. The average molecular weight is 434 g/mol. The van der Waals surface area contributed by atoms with Gasteiger partial charge in [-0.15, -0.1) is 0 Å². The lowest BCUT2D eigenvalue weighted by Gasteiger charge is -2.07. The zero-order chi connectivity index (χ0) is 19.3. The van der Waals surface area contributed by atoms with Crippen LogP contribution in [-0.4, -0.2) is 11.9 Å². The highest BCUT2D eigenvalue weighted by Gasteiger charge is 2.25. The Morgan fingerprint density at radius 3 is 2.57 bits per heavy atom. The lowest BCUT2D eigenvalue weighted by Crippen LogP contribution is -2.05. The fraction of sp³-hybridized carbons (Fsp3) is 0.0435. The Balaban J connectivity index is 1.54. The second kappa shape index (κ2) is 8.23. The molecular weight excluding hydrogens is 418 g/mol. The van der Waals surface area contributed by atoms with E-state index in [4.69, 9.17) is 9.47 Å². The van der Waals surface area contributed by atoms with Gasteiger partial charge in [0.05, 0.1) is 5.56 Å². The molecule has 0 bridgehead atoms. The molecule has 1 aliphatic rings. The fourth-order valence-electron chi connectivity index (χ4n) is 2.75. The van der Waals surface area contributed by atoms with Crippen molar-refractivity contribution in [1.29, 1.82) is 0 Å². The molecule has 3 aromatic rings. The van der Waals surface area contributed by atoms with Gasteiger partial charge in [-0.25, -0.2) is 9.79 Å². The van der Waals surface area contributed by atoms with Crippen LogP contribution in [0.2, 0.25) is 0 Å². The lowest BCUT2D eigenvalue weighted by atomic mass is 10.2. The number of esters is 1. The minimum absolute atomic E-state index is 0.256. The van der Waals surface area contributed by atoms with E-state index in [0.29, 0.717) is 12.5 Å². The molecular formula is C23H16BrNO3. The van der Waals surface area contributed by atoms with E-state index in [1.165, 1.54) is 0 Å². The highest BCUT2D eigenvalue weighted by Crippen LogP contribution is 2.25. The number of ether oxygens (including phenoxy) is 2. The van der Waals surface area contributed by atoms with Gasteiger partial charge in [-0.05, 0) is 57.4 Å². The lowest BCUT2D eigenvalue weighted by molar-refractivity contribution is -0.129. The van der Waals surface area contributed by atoms with Crippen LogP contribution in [-0.2, 0) is 16.1 Å². The van der Waals surface area contributed by atoms with Crippen molar-refractivity contribution in [2.24, 2.45) is 4.99 Å². The number of carbonyl (C=O) groups is 1. The van der Waals surface area contributed by atoms with Gasteiger partial charge < -0.3 is 9.47 Å². The topological polar surface area (TPSA) is 47.9 Å². The Bertz CT molecular complexity index is 1070. The first-order chi connectivity index (χ1) is 13.7. The van der Waals surface area contributed by atoms with E-state index < -0.39 is 5.97 Å². The second-order valence-electron chi connectivity index (χ2n) is 6.16. The first-order valence-electron chi connectivity index (χ1n) is 8.73. The number of cyclic esters (lactones) is 1. The maximum atomic E-state index is 12.2. The maximum absolute atomic E-state index is 12.2. The Hall–Kier alpha value is -3.18. The molecule has 0 unspecified atom stereocenters. The molecule has 3 aromatic carbocycles. The van der Waals surface area contributed by atoms with Crippen LogP contribution in [0.15, 0.2) is 94.0 Å². The molecule has 0 fully saturated rings. The van der Waals surface area contributed by atoms with Gasteiger partial charge >= 0.3 is 5.97 Å². The van der Waals surface area contributed by atoms with Gasteiger partial charge in [0.25, 0.3) is 0 Å². The third kappa shape index (κ3) is 4.21. The zero-order valence-electron chi connectivity index (χ0n) is 14.8. The van der Waals surface area contributed by atoms with E-state index in [1.807, 2.05) is 78.9 Å². The number of aliphatic imine (C=N–C) groups is 1. The van der Waals surface area contributed by atoms with Gasteiger partial charge in [-0.3, -0.25) is 0 Å². The van der Waals surface area contributed by atoms with Crippen LogP contribution < -0.4 is 4.74 Å². The maximum Gasteiger partial charge on any atom is 0.363 e. The molecule has 4 rings (SSSR count). The minimum atomic E-state index is -0.471. The predicted octanol–water partition coefficient (Wildman–Crippen LogP) is 5.37. The van der Waals surface area contributed by atoms with Crippen LogP contribution in [0.4, 0.5) is 0 Å². The molecule has 1 heterocycles. The number of hydrogen-bond donors (Lipinski definition) is 0. The first kappa shape index (κ1) is 18.2. The summed E-state index contributed by atoms with van der Waals surface area (Å²) in [7, 11) is 0.